The van der Waals surface area contributed by atoms with Crippen molar-refractivity contribution in [2.24, 2.45) is 0 Å². The first-order chi connectivity index (χ1) is 8.49. The molecule has 0 amide bonds. The summed E-state index contributed by atoms with van der Waals surface area (Å²) < 4.78 is 27.2. The summed E-state index contributed by atoms with van der Waals surface area (Å²) in [5.41, 5.74) is 1.97. The summed E-state index contributed by atoms with van der Waals surface area (Å²) in [7, 11) is 0. The first kappa shape index (κ1) is 13.5. The van der Waals surface area contributed by atoms with Gasteiger partial charge in [0.25, 0.3) is 0 Å². The standard InChI is InChI=1S/C14H10BrClF2/c1-8-2-4-12(17)10(6-8)14(16)9-3-5-13(18)11(15)7-9/h2-7,14H,1H3. The van der Waals surface area contributed by atoms with Crippen molar-refractivity contribution in [3.05, 3.63) is 69.2 Å². The van der Waals surface area contributed by atoms with Gasteiger partial charge in [0.1, 0.15) is 11.6 Å². The van der Waals surface area contributed by atoms with Gasteiger partial charge in [0.15, 0.2) is 0 Å². The second-order valence-electron chi connectivity index (χ2n) is 4.06. The summed E-state index contributed by atoms with van der Waals surface area (Å²) in [6.07, 6.45) is 0. The van der Waals surface area contributed by atoms with Crippen LogP contribution in [-0.2, 0) is 0 Å². The predicted octanol–water partition coefficient (Wildman–Crippen LogP) is 5.36. The molecule has 0 aliphatic rings. The lowest BCUT2D eigenvalue weighted by Gasteiger charge is -2.12. The molecule has 0 N–H and O–H groups in total. The SMILES string of the molecule is Cc1ccc(F)c(C(Cl)c2ccc(F)c(Br)c2)c1. The molecule has 0 aliphatic heterocycles. The number of halogens is 4. The second kappa shape index (κ2) is 5.37. The fourth-order valence-electron chi connectivity index (χ4n) is 1.71. The highest BCUT2D eigenvalue weighted by Gasteiger charge is 2.16. The zero-order chi connectivity index (χ0) is 13.3. The van der Waals surface area contributed by atoms with Crippen LogP contribution in [0.5, 0.6) is 0 Å². The largest absolute Gasteiger partial charge is 0.207 e. The van der Waals surface area contributed by atoms with Crippen LogP contribution in [0.1, 0.15) is 22.1 Å². The molecule has 0 saturated carbocycles. The van der Waals surface area contributed by atoms with Gasteiger partial charge in [-0.05, 0) is 46.6 Å². The predicted molar refractivity (Wildman–Crippen MR) is 72.9 cm³/mol. The number of hydrogen-bond donors (Lipinski definition) is 0. The maximum Gasteiger partial charge on any atom is 0.137 e. The van der Waals surface area contributed by atoms with Gasteiger partial charge in [-0.3, -0.25) is 0 Å². The lowest BCUT2D eigenvalue weighted by molar-refractivity contribution is 0.610. The number of alkyl halides is 1. The molecule has 0 aromatic heterocycles. The Morgan fingerprint density at radius 3 is 2.39 bits per heavy atom. The van der Waals surface area contributed by atoms with Crippen LogP contribution in [0.4, 0.5) is 8.78 Å². The van der Waals surface area contributed by atoms with E-state index in [1.807, 2.05) is 6.92 Å². The third-order valence-corrected chi connectivity index (χ3v) is 3.76. The minimum atomic E-state index is -0.637. The summed E-state index contributed by atoms with van der Waals surface area (Å²) in [5.74, 6) is -0.728. The van der Waals surface area contributed by atoms with Crippen LogP contribution in [0.25, 0.3) is 0 Å². The molecule has 0 fully saturated rings. The minimum Gasteiger partial charge on any atom is -0.207 e. The number of benzene rings is 2. The fraction of sp³-hybridized carbons (Fsp3) is 0.143. The van der Waals surface area contributed by atoms with Gasteiger partial charge in [-0.1, -0.05) is 23.8 Å². The van der Waals surface area contributed by atoms with Crippen molar-refractivity contribution in [1.29, 1.82) is 0 Å². The minimum absolute atomic E-state index is 0.318. The van der Waals surface area contributed by atoms with Crippen LogP contribution in [0.2, 0.25) is 0 Å². The van der Waals surface area contributed by atoms with Crippen molar-refractivity contribution in [1.82, 2.24) is 0 Å². The summed E-state index contributed by atoms with van der Waals surface area (Å²) in [5, 5.41) is -0.637. The molecule has 2 aromatic rings. The Kier molecular flexibility index (Phi) is 4.03. The Morgan fingerprint density at radius 2 is 1.72 bits per heavy atom. The van der Waals surface area contributed by atoms with Crippen LogP contribution < -0.4 is 0 Å². The topological polar surface area (TPSA) is 0 Å². The average molecular weight is 332 g/mol. The first-order valence-corrected chi connectivity index (χ1v) is 6.57. The van der Waals surface area contributed by atoms with Crippen molar-refractivity contribution in [2.75, 3.05) is 0 Å². The van der Waals surface area contributed by atoms with Gasteiger partial charge in [0.05, 0.1) is 9.85 Å². The van der Waals surface area contributed by atoms with Crippen molar-refractivity contribution in [3.8, 4) is 0 Å². The highest BCUT2D eigenvalue weighted by atomic mass is 79.9. The normalized spacial score (nSPS) is 12.5. The molecule has 94 valence electrons. The Morgan fingerprint density at radius 1 is 1.06 bits per heavy atom. The van der Waals surface area contributed by atoms with E-state index in [0.717, 1.165) is 5.56 Å². The van der Waals surface area contributed by atoms with E-state index < -0.39 is 5.38 Å². The second-order valence-corrected chi connectivity index (χ2v) is 5.35. The zero-order valence-electron chi connectivity index (χ0n) is 9.55. The van der Waals surface area contributed by atoms with Gasteiger partial charge in [-0.2, -0.15) is 0 Å². The highest BCUT2D eigenvalue weighted by molar-refractivity contribution is 9.10. The molecule has 0 bridgehead atoms. The van der Waals surface area contributed by atoms with Crippen LogP contribution in [0, 0.1) is 18.6 Å². The Labute approximate surface area is 118 Å². The maximum absolute atomic E-state index is 13.7. The molecule has 2 rings (SSSR count). The van der Waals surface area contributed by atoms with Crippen LogP contribution in [0.3, 0.4) is 0 Å². The molecule has 0 nitrogen and oxygen atoms in total. The van der Waals surface area contributed by atoms with Gasteiger partial charge in [0, 0.05) is 5.56 Å². The van der Waals surface area contributed by atoms with E-state index in [4.69, 9.17) is 11.6 Å². The molecule has 1 unspecified atom stereocenters. The van der Waals surface area contributed by atoms with Gasteiger partial charge < -0.3 is 0 Å². The molecule has 0 spiro atoms. The summed E-state index contributed by atoms with van der Waals surface area (Å²) >= 11 is 9.34. The van der Waals surface area contributed by atoms with E-state index in [-0.39, 0.29) is 11.6 Å². The molecular weight excluding hydrogens is 322 g/mol. The Hall–Kier alpha value is -0.930. The van der Waals surface area contributed by atoms with E-state index in [1.54, 1.807) is 24.3 Å². The fourth-order valence-corrected chi connectivity index (χ4v) is 2.41. The van der Waals surface area contributed by atoms with Crippen molar-refractivity contribution >= 4 is 27.5 Å². The molecule has 0 heterocycles. The number of hydrogen-bond acceptors (Lipinski definition) is 0. The first-order valence-electron chi connectivity index (χ1n) is 5.34. The van der Waals surface area contributed by atoms with Crippen molar-refractivity contribution < 1.29 is 8.78 Å². The van der Waals surface area contributed by atoms with Crippen LogP contribution in [0.15, 0.2) is 40.9 Å². The molecule has 2 aromatic carbocycles. The average Bonchev–Trinajstić information content (AvgIpc) is 2.35. The smallest absolute Gasteiger partial charge is 0.137 e. The lowest BCUT2D eigenvalue weighted by atomic mass is 10.0. The van der Waals surface area contributed by atoms with Gasteiger partial charge in [-0.15, -0.1) is 11.6 Å². The van der Waals surface area contributed by atoms with E-state index >= 15 is 0 Å². The molecule has 0 radical (unpaired) electrons. The van der Waals surface area contributed by atoms with Crippen molar-refractivity contribution in [2.45, 2.75) is 12.3 Å². The van der Waals surface area contributed by atoms with Gasteiger partial charge >= 0.3 is 0 Å². The number of rotatable bonds is 2. The molecule has 0 aliphatic carbocycles. The monoisotopic (exact) mass is 330 g/mol. The molecular formula is C14H10BrClF2. The zero-order valence-corrected chi connectivity index (χ0v) is 11.9. The molecule has 1 atom stereocenters. The van der Waals surface area contributed by atoms with Gasteiger partial charge in [0.2, 0.25) is 0 Å². The van der Waals surface area contributed by atoms with E-state index in [1.165, 1.54) is 12.1 Å². The van der Waals surface area contributed by atoms with Crippen LogP contribution in [-0.4, -0.2) is 0 Å². The van der Waals surface area contributed by atoms with Gasteiger partial charge in [-0.25, -0.2) is 8.78 Å². The molecule has 4 heteroatoms. The third kappa shape index (κ3) is 2.73. The summed E-state index contributed by atoms with van der Waals surface area (Å²) in [6.45, 7) is 1.87. The highest BCUT2D eigenvalue weighted by Crippen LogP contribution is 2.33. The maximum atomic E-state index is 13.7. The number of aryl methyl sites for hydroxylation is 1. The Balaban J connectivity index is 2.44. The van der Waals surface area contributed by atoms with Crippen LogP contribution >= 0.6 is 27.5 Å². The Bertz CT molecular complexity index is 584. The van der Waals surface area contributed by atoms with Crippen molar-refractivity contribution in [3.63, 3.8) is 0 Å². The van der Waals surface area contributed by atoms with E-state index in [0.29, 0.717) is 15.6 Å². The molecule has 18 heavy (non-hydrogen) atoms. The summed E-state index contributed by atoms with van der Waals surface area (Å²) in [6, 6.07) is 9.20. The summed E-state index contributed by atoms with van der Waals surface area (Å²) in [4.78, 5) is 0. The molecule has 0 saturated heterocycles. The quantitative estimate of drug-likeness (QED) is 0.650. The van der Waals surface area contributed by atoms with E-state index in [2.05, 4.69) is 15.9 Å². The van der Waals surface area contributed by atoms with E-state index in [9.17, 15) is 8.78 Å². The lowest BCUT2D eigenvalue weighted by Crippen LogP contribution is -1.98. The third-order valence-electron chi connectivity index (χ3n) is 2.66.